The van der Waals surface area contributed by atoms with Crippen LogP contribution in [0.5, 0.6) is 0 Å². The number of likely N-dealkylation sites (N-methyl/N-ethyl adjacent to an activating group) is 1. The Hall–Kier alpha value is -3.19. The fraction of sp³-hybridized carbons (Fsp3) is 0.286. The van der Waals surface area contributed by atoms with Crippen molar-refractivity contribution in [3.05, 3.63) is 60.4 Å². The molecule has 2 aromatic carbocycles. The standard InChI is InChI=1S/C21H23N5O2/c1-24-10-12-25(13-11-24)21(28)20(27)22-14-16-6-8-17(9-7-16)26-15-23-18-4-2-3-5-19(18)26/h2-9,15H,10-14H2,1H3,(H,22,27). The van der Waals surface area contributed by atoms with Gasteiger partial charge in [-0.15, -0.1) is 0 Å². The number of para-hydroxylation sites is 2. The molecule has 0 unspecified atom stereocenters. The lowest BCUT2D eigenvalue weighted by Crippen LogP contribution is -2.51. The molecule has 1 aliphatic rings. The number of nitrogens with zero attached hydrogens (tertiary/aromatic N) is 4. The lowest BCUT2D eigenvalue weighted by molar-refractivity contribution is -0.146. The maximum atomic E-state index is 12.2. The van der Waals surface area contributed by atoms with E-state index in [0.717, 1.165) is 35.4 Å². The largest absolute Gasteiger partial charge is 0.344 e. The third-order valence-corrected chi connectivity index (χ3v) is 5.11. The molecule has 0 saturated carbocycles. The van der Waals surface area contributed by atoms with Gasteiger partial charge in [0.15, 0.2) is 0 Å². The fourth-order valence-electron chi connectivity index (χ4n) is 3.35. The summed E-state index contributed by atoms with van der Waals surface area (Å²) in [7, 11) is 2.01. The molecule has 0 aliphatic carbocycles. The van der Waals surface area contributed by atoms with Crippen LogP contribution in [0.15, 0.2) is 54.9 Å². The van der Waals surface area contributed by atoms with Gasteiger partial charge in [0.1, 0.15) is 6.33 Å². The maximum absolute atomic E-state index is 12.2. The van der Waals surface area contributed by atoms with Gasteiger partial charge < -0.3 is 15.1 Å². The van der Waals surface area contributed by atoms with Crippen LogP contribution in [0.2, 0.25) is 0 Å². The molecule has 2 heterocycles. The van der Waals surface area contributed by atoms with Crippen molar-refractivity contribution >= 4 is 22.8 Å². The van der Waals surface area contributed by atoms with E-state index in [4.69, 9.17) is 0 Å². The molecule has 0 radical (unpaired) electrons. The van der Waals surface area contributed by atoms with Crippen molar-refractivity contribution in [3.8, 4) is 5.69 Å². The number of hydrogen-bond acceptors (Lipinski definition) is 4. The minimum Gasteiger partial charge on any atom is -0.344 e. The Balaban J connectivity index is 1.37. The highest BCUT2D eigenvalue weighted by atomic mass is 16.2. The lowest BCUT2D eigenvalue weighted by atomic mass is 10.2. The van der Waals surface area contributed by atoms with Gasteiger partial charge in [-0.3, -0.25) is 14.2 Å². The van der Waals surface area contributed by atoms with E-state index >= 15 is 0 Å². The average Bonchev–Trinajstić information content (AvgIpc) is 3.16. The van der Waals surface area contributed by atoms with E-state index in [0.29, 0.717) is 19.6 Å². The van der Waals surface area contributed by atoms with Gasteiger partial charge in [0.2, 0.25) is 0 Å². The van der Waals surface area contributed by atoms with Gasteiger partial charge >= 0.3 is 11.8 Å². The van der Waals surface area contributed by atoms with Crippen molar-refractivity contribution in [2.24, 2.45) is 0 Å². The second kappa shape index (κ2) is 7.82. The van der Waals surface area contributed by atoms with Gasteiger partial charge in [-0.1, -0.05) is 24.3 Å². The second-order valence-electron chi connectivity index (χ2n) is 7.05. The van der Waals surface area contributed by atoms with Gasteiger partial charge in [-0.25, -0.2) is 4.98 Å². The number of hydrogen-bond donors (Lipinski definition) is 1. The first-order valence-corrected chi connectivity index (χ1v) is 9.39. The molecule has 1 saturated heterocycles. The Morgan fingerprint density at radius 1 is 1.00 bits per heavy atom. The van der Waals surface area contributed by atoms with E-state index in [9.17, 15) is 9.59 Å². The van der Waals surface area contributed by atoms with Gasteiger partial charge in [-0.2, -0.15) is 0 Å². The highest BCUT2D eigenvalue weighted by molar-refractivity contribution is 6.35. The number of aromatic nitrogens is 2. The van der Waals surface area contributed by atoms with Crippen LogP contribution in [0.25, 0.3) is 16.7 Å². The summed E-state index contributed by atoms with van der Waals surface area (Å²) in [5.74, 6) is -0.996. The molecule has 4 rings (SSSR count). The summed E-state index contributed by atoms with van der Waals surface area (Å²) in [5.41, 5.74) is 3.92. The SMILES string of the molecule is CN1CCN(C(=O)C(=O)NCc2ccc(-n3cnc4ccccc43)cc2)CC1. The molecule has 0 spiro atoms. The van der Waals surface area contributed by atoms with Crippen LogP contribution in [0.1, 0.15) is 5.56 Å². The van der Waals surface area contributed by atoms with Crippen LogP contribution >= 0.6 is 0 Å². The first kappa shape index (κ1) is 18.2. The summed E-state index contributed by atoms with van der Waals surface area (Å²) >= 11 is 0. The number of amides is 2. The van der Waals surface area contributed by atoms with Crippen molar-refractivity contribution < 1.29 is 9.59 Å². The minimum absolute atomic E-state index is 0.323. The number of imidazole rings is 1. The van der Waals surface area contributed by atoms with Crippen LogP contribution < -0.4 is 5.32 Å². The number of carbonyl (C=O) groups is 2. The van der Waals surface area contributed by atoms with E-state index in [1.807, 2.05) is 60.1 Å². The number of rotatable bonds is 3. The van der Waals surface area contributed by atoms with E-state index in [2.05, 4.69) is 15.2 Å². The van der Waals surface area contributed by atoms with Gasteiger partial charge in [-0.05, 0) is 36.9 Å². The zero-order valence-electron chi connectivity index (χ0n) is 15.8. The van der Waals surface area contributed by atoms with Crippen LogP contribution in [0, 0.1) is 0 Å². The molecule has 7 heteroatoms. The summed E-state index contributed by atoms with van der Waals surface area (Å²) in [6.45, 7) is 3.10. The number of carbonyl (C=O) groups excluding carboxylic acids is 2. The van der Waals surface area contributed by atoms with Crippen molar-refractivity contribution in [1.82, 2.24) is 24.7 Å². The summed E-state index contributed by atoms with van der Waals surface area (Å²) < 4.78 is 2.02. The molecule has 1 fully saturated rings. The molecule has 1 aliphatic heterocycles. The van der Waals surface area contributed by atoms with E-state index in [1.165, 1.54) is 0 Å². The third-order valence-electron chi connectivity index (χ3n) is 5.11. The van der Waals surface area contributed by atoms with Crippen molar-refractivity contribution in [3.63, 3.8) is 0 Å². The Morgan fingerprint density at radius 2 is 1.71 bits per heavy atom. The quantitative estimate of drug-likeness (QED) is 0.701. The maximum Gasteiger partial charge on any atom is 0.311 e. The zero-order chi connectivity index (χ0) is 19.5. The molecule has 1 N–H and O–H groups in total. The molecule has 28 heavy (non-hydrogen) atoms. The molecule has 144 valence electrons. The molecule has 7 nitrogen and oxygen atoms in total. The van der Waals surface area contributed by atoms with E-state index in [1.54, 1.807) is 11.2 Å². The lowest BCUT2D eigenvalue weighted by Gasteiger charge is -2.31. The van der Waals surface area contributed by atoms with Gasteiger partial charge in [0, 0.05) is 38.4 Å². The van der Waals surface area contributed by atoms with E-state index in [-0.39, 0.29) is 0 Å². The normalized spacial score (nSPS) is 15.0. The predicted molar refractivity (Wildman–Crippen MR) is 107 cm³/mol. The molecule has 2 amide bonds. The number of benzene rings is 2. The minimum atomic E-state index is -0.547. The molecule has 1 aromatic heterocycles. The second-order valence-corrected chi connectivity index (χ2v) is 7.05. The molecule has 0 bridgehead atoms. The summed E-state index contributed by atoms with van der Waals surface area (Å²) in [4.78, 5) is 32.6. The Morgan fingerprint density at radius 3 is 2.46 bits per heavy atom. The molecular formula is C21H23N5O2. The predicted octanol–water partition coefficient (Wildman–Crippen LogP) is 1.42. The van der Waals surface area contributed by atoms with Crippen molar-refractivity contribution in [2.75, 3.05) is 33.2 Å². The van der Waals surface area contributed by atoms with Crippen LogP contribution in [0.4, 0.5) is 0 Å². The van der Waals surface area contributed by atoms with Gasteiger partial charge in [0.25, 0.3) is 0 Å². The van der Waals surface area contributed by atoms with Crippen molar-refractivity contribution in [2.45, 2.75) is 6.54 Å². The highest BCUT2D eigenvalue weighted by Gasteiger charge is 2.24. The monoisotopic (exact) mass is 377 g/mol. The highest BCUT2D eigenvalue weighted by Crippen LogP contribution is 2.18. The summed E-state index contributed by atoms with van der Waals surface area (Å²) in [6, 6.07) is 15.8. The summed E-state index contributed by atoms with van der Waals surface area (Å²) in [6.07, 6.45) is 1.80. The van der Waals surface area contributed by atoms with Crippen LogP contribution in [0.3, 0.4) is 0 Å². The van der Waals surface area contributed by atoms with E-state index < -0.39 is 11.8 Å². The summed E-state index contributed by atoms with van der Waals surface area (Å²) in [5, 5.41) is 2.73. The van der Waals surface area contributed by atoms with Crippen LogP contribution in [-0.2, 0) is 16.1 Å². The average molecular weight is 377 g/mol. The number of nitrogens with one attached hydrogen (secondary N) is 1. The number of fused-ring (bicyclic) bond motifs is 1. The first-order valence-electron chi connectivity index (χ1n) is 9.39. The first-order chi connectivity index (χ1) is 13.6. The van der Waals surface area contributed by atoms with Crippen LogP contribution in [-0.4, -0.2) is 64.4 Å². The fourth-order valence-corrected chi connectivity index (χ4v) is 3.35. The van der Waals surface area contributed by atoms with Crippen molar-refractivity contribution in [1.29, 1.82) is 0 Å². The smallest absolute Gasteiger partial charge is 0.311 e. The zero-order valence-corrected chi connectivity index (χ0v) is 15.8. The number of piperazine rings is 1. The Kier molecular flexibility index (Phi) is 5.08. The van der Waals surface area contributed by atoms with Gasteiger partial charge in [0.05, 0.1) is 11.0 Å². The third kappa shape index (κ3) is 3.75. The molecule has 0 atom stereocenters. The Bertz CT molecular complexity index is 987. The molecular weight excluding hydrogens is 354 g/mol. The topological polar surface area (TPSA) is 70.5 Å². The molecule has 3 aromatic rings. The Labute approximate surface area is 163 Å².